The average molecular weight is 357 g/mol. The van der Waals surface area contributed by atoms with E-state index in [1.165, 1.54) is 31.0 Å². The Morgan fingerprint density at radius 2 is 1.84 bits per heavy atom. The Balaban J connectivity index is 0.00000151. The fourth-order valence-electron chi connectivity index (χ4n) is 2.38. The van der Waals surface area contributed by atoms with Gasteiger partial charge in [-0.15, -0.1) is 21.9 Å². The molecule has 1 fully saturated rings. The Morgan fingerprint density at radius 1 is 1.20 bits per heavy atom. The Morgan fingerprint density at radius 3 is 2.52 bits per heavy atom. The molecule has 2 aliphatic rings. The molecule has 1 saturated carbocycles. The van der Waals surface area contributed by atoms with E-state index in [9.17, 15) is 13.6 Å². The summed E-state index contributed by atoms with van der Waals surface area (Å²) in [7, 11) is 0. The maximum absolute atomic E-state index is 13.0. The molecular weight excluding hydrogens is 332 g/mol. The van der Waals surface area contributed by atoms with Crippen molar-refractivity contribution in [3.63, 3.8) is 0 Å². The van der Waals surface area contributed by atoms with Gasteiger partial charge in [-0.2, -0.15) is 0 Å². The molecule has 0 spiro atoms. The third kappa shape index (κ3) is 8.55. The summed E-state index contributed by atoms with van der Waals surface area (Å²) in [5.41, 5.74) is 0. The molecule has 8 heteroatoms. The molecule has 0 bridgehead atoms. The lowest BCUT2D eigenvalue weighted by atomic mass is 9.89. The Labute approximate surface area is 146 Å². The molecule has 2 rings (SSSR count). The van der Waals surface area contributed by atoms with Crippen LogP contribution in [0.4, 0.5) is 8.78 Å². The first-order valence-corrected chi connectivity index (χ1v) is 8.18. The summed E-state index contributed by atoms with van der Waals surface area (Å²) in [6.07, 6.45) is 6.70. The zero-order valence-corrected chi connectivity index (χ0v) is 14.2. The van der Waals surface area contributed by atoms with Gasteiger partial charge >= 0.3 is 6.29 Å². The summed E-state index contributed by atoms with van der Waals surface area (Å²) in [5.74, 6) is 0.150. The first-order valence-electron chi connectivity index (χ1n) is 8.18. The van der Waals surface area contributed by atoms with Crippen LogP contribution >= 0.6 is 0 Å². The SMILES string of the molecule is C=C.O=C(NC1=N/C=C/COC(F)(F)OC/C=C/N1)C1CCCCC1. The quantitative estimate of drug-likeness (QED) is 0.708. The van der Waals surface area contributed by atoms with Crippen LogP contribution in [0.1, 0.15) is 32.1 Å². The van der Waals surface area contributed by atoms with E-state index >= 15 is 0 Å². The summed E-state index contributed by atoms with van der Waals surface area (Å²) >= 11 is 0. The fourth-order valence-corrected chi connectivity index (χ4v) is 2.38. The summed E-state index contributed by atoms with van der Waals surface area (Å²) in [6.45, 7) is 5.30. The van der Waals surface area contributed by atoms with Gasteiger partial charge in [-0.05, 0) is 25.0 Å². The summed E-state index contributed by atoms with van der Waals surface area (Å²) in [5, 5.41) is 5.48. The molecule has 0 atom stereocenters. The van der Waals surface area contributed by atoms with Gasteiger partial charge in [0.05, 0.1) is 13.2 Å². The summed E-state index contributed by atoms with van der Waals surface area (Å²) in [4.78, 5) is 16.2. The molecule has 1 aliphatic heterocycles. The van der Waals surface area contributed by atoms with Crippen LogP contribution in [-0.2, 0) is 14.3 Å². The largest absolute Gasteiger partial charge is 0.486 e. The minimum Gasteiger partial charge on any atom is -0.333 e. The highest BCUT2D eigenvalue weighted by atomic mass is 19.3. The van der Waals surface area contributed by atoms with E-state index in [1.54, 1.807) is 0 Å². The van der Waals surface area contributed by atoms with Gasteiger partial charge in [-0.3, -0.25) is 19.6 Å². The van der Waals surface area contributed by atoms with Crippen LogP contribution in [0.3, 0.4) is 0 Å². The highest BCUT2D eigenvalue weighted by molar-refractivity contribution is 5.98. The highest BCUT2D eigenvalue weighted by Gasteiger charge is 2.30. The van der Waals surface area contributed by atoms with E-state index in [4.69, 9.17) is 0 Å². The number of aliphatic imine (C=N–C) groups is 1. The minimum atomic E-state index is -3.64. The van der Waals surface area contributed by atoms with Crippen LogP contribution < -0.4 is 10.6 Å². The maximum atomic E-state index is 13.0. The van der Waals surface area contributed by atoms with Crippen molar-refractivity contribution in [2.75, 3.05) is 13.2 Å². The third-order valence-corrected chi connectivity index (χ3v) is 3.56. The first kappa shape index (κ1) is 21.0. The molecule has 1 aliphatic carbocycles. The molecular formula is C17H25F2N3O3. The van der Waals surface area contributed by atoms with E-state index in [0.29, 0.717) is 0 Å². The second-order valence-electron chi connectivity index (χ2n) is 5.32. The number of halogens is 2. The smallest absolute Gasteiger partial charge is 0.333 e. The van der Waals surface area contributed by atoms with Crippen molar-refractivity contribution in [1.29, 1.82) is 0 Å². The number of carbonyl (C=O) groups excluding carboxylic acids is 1. The van der Waals surface area contributed by atoms with Gasteiger partial charge in [-0.25, -0.2) is 4.99 Å². The van der Waals surface area contributed by atoms with Crippen molar-refractivity contribution >= 4 is 11.9 Å². The molecule has 2 N–H and O–H groups in total. The number of amides is 1. The van der Waals surface area contributed by atoms with Crippen LogP contribution in [-0.4, -0.2) is 31.4 Å². The van der Waals surface area contributed by atoms with E-state index in [-0.39, 0.29) is 31.0 Å². The van der Waals surface area contributed by atoms with E-state index in [0.717, 1.165) is 25.7 Å². The second kappa shape index (κ2) is 11.5. The number of guanidine groups is 1. The number of ether oxygens (including phenoxy) is 2. The molecule has 0 unspecified atom stereocenters. The lowest BCUT2D eigenvalue weighted by molar-refractivity contribution is -0.385. The lowest BCUT2D eigenvalue weighted by Gasteiger charge is -2.21. The maximum Gasteiger partial charge on any atom is 0.486 e. The normalized spacial score (nSPS) is 24.0. The van der Waals surface area contributed by atoms with Gasteiger partial charge in [0.15, 0.2) is 0 Å². The van der Waals surface area contributed by atoms with Crippen molar-refractivity contribution in [2.24, 2.45) is 10.9 Å². The molecule has 25 heavy (non-hydrogen) atoms. The summed E-state index contributed by atoms with van der Waals surface area (Å²) < 4.78 is 34.6. The number of rotatable bonds is 1. The van der Waals surface area contributed by atoms with E-state index in [2.05, 4.69) is 38.3 Å². The number of nitrogens with one attached hydrogen (secondary N) is 2. The van der Waals surface area contributed by atoms with Crippen LogP contribution in [0.25, 0.3) is 0 Å². The molecule has 0 aromatic rings. The van der Waals surface area contributed by atoms with Crippen LogP contribution in [0, 0.1) is 5.92 Å². The average Bonchev–Trinajstić information content (AvgIpc) is 2.62. The van der Waals surface area contributed by atoms with Crippen LogP contribution in [0.15, 0.2) is 42.7 Å². The Hall–Kier alpha value is -2.06. The number of alkyl halides is 2. The molecule has 0 aromatic carbocycles. The van der Waals surface area contributed by atoms with Crippen LogP contribution in [0.2, 0.25) is 0 Å². The molecule has 0 saturated heterocycles. The van der Waals surface area contributed by atoms with Gasteiger partial charge in [-0.1, -0.05) is 19.3 Å². The van der Waals surface area contributed by atoms with Crippen molar-refractivity contribution in [1.82, 2.24) is 10.6 Å². The van der Waals surface area contributed by atoms with Crippen molar-refractivity contribution < 1.29 is 23.0 Å². The molecule has 0 radical (unpaired) electrons. The summed E-state index contributed by atoms with van der Waals surface area (Å²) in [6, 6.07) is 0. The topological polar surface area (TPSA) is 72.0 Å². The number of hydrogen-bond donors (Lipinski definition) is 2. The molecule has 0 aromatic heterocycles. The zero-order valence-electron chi connectivity index (χ0n) is 14.2. The monoisotopic (exact) mass is 357 g/mol. The fraction of sp³-hybridized carbons (Fsp3) is 0.529. The second-order valence-corrected chi connectivity index (χ2v) is 5.32. The zero-order chi connectivity index (χ0) is 18.5. The molecule has 6 nitrogen and oxygen atoms in total. The predicted octanol–water partition coefficient (Wildman–Crippen LogP) is 3.06. The van der Waals surface area contributed by atoms with Gasteiger partial charge < -0.3 is 5.32 Å². The van der Waals surface area contributed by atoms with Crippen molar-refractivity contribution in [3.05, 3.63) is 37.7 Å². The molecule has 1 heterocycles. The Kier molecular flexibility index (Phi) is 9.64. The number of carbonyl (C=O) groups is 1. The van der Waals surface area contributed by atoms with E-state index < -0.39 is 6.29 Å². The third-order valence-electron chi connectivity index (χ3n) is 3.56. The predicted molar refractivity (Wildman–Crippen MR) is 91.7 cm³/mol. The van der Waals surface area contributed by atoms with E-state index in [1.807, 2.05) is 0 Å². The van der Waals surface area contributed by atoms with Crippen molar-refractivity contribution in [3.8, 4) is 0 Å². The first-order chi connectivity index (χ1) is 12.1. The number of nitrogens with zero attached hydrogens (tertiary/aromatic N) is 1. The lowest BCUT2D eigenvalue weighted by Crippen LogP contribution is -2.42. The standard InChI is InChI=1S/C15H21F2N3O3.C2H4/c16-15(17)22-10-4-8-18-14(19-9-5-11-23-15)20-13(21)12-6-2-1-3-7-12;1-2/h4-5,8-9,12H,1-3,6-7,10-11H2,(H2,18,19,20,21);1-2H2/b8-4+,9-5+;. The van der Waals surface area contributed by atoms with Crippen LogP contribution in [0.5, 0.6) is 0 Å². The molecule has 140 valence electrons. The minimum absolute atomic E-state index is 0.00653. The molecule has 1 amide bonds. The Bertz CT molecular complexity index is 501. The van der Waals surface area contributed by atoms with Gasteiger partial charge in [0.2, 0.25) is 11.9 Å². The van der Waals surface area contributed by atoms with Crippen molar-refractivity contribution in [2.45, 2.75) is 38.4 Å². The highest BCUT2D eigenvalue weighted by Crippen LogP contribution is 2.23. The number of hydrogen-bond acceptors (Lipinski definition) is 5. The van der Waals surface area contributed by atoms with Gasteiger partial charge in [0, 0.05) is 18.3 Å². The van der Waals surface area contributed by atoms with Gasteiger partial charge in [0.25, 0.3) is 0 Å². The van der Waals surface area contributed by atoms with Gasteiger partial charge in [0.1, 0.15) is 0 Å².